The monoisotopic (exact) mass is 495 g/mol. The van der Waals surface area contributed by atoms with Crippen LogP contribution in [0.25, 0.3) is 11.1 Å². The normalized spacial score (nSPS) is 17.3. The minimum Gasteiger partial charge on any atom is -0.356 e. The van der Waals surface area contributed by atoms with Crippen LogP contribution < -0.4 is 9.80 Å². The summed E-state index contributed by atoms with van der Waals surface area (Å²) in [6.07, 6.45) is -0.0987. The van der Waals surface area contributed by atoms with Crippen molar-refractivity contribution in [3.05, 3.63) is 59.8 Å². The van der Waals surface area contributed by atoms with Gasteiger partial charge in [0.1, 0.15) is 17.0 Å². The van der Waals surface area contributed by atoms with Gasteiger partial charge >= 0.3 is 6.18 Å². The second-order valence-corrected chi connectivity index (χ2v) is 9.76. The van der Waals surface area contributed by atoms with Gasteiger partial charge in [0.05, 0.1) is 17.6 Å². The number of Topliss-reactive ketones (excluding diaryl/α,β-unsaturated/α-hetero) is 1. The minimum absolute atomic E-state index is 0.0542. The SMILES string of the molecule is Cc1cc(N(C)c2cnc(N3CCC(=O)CC3)cc2-c2ccnc(C3(C(F)(F)F)CC3)c2)cc(C)n1. The van der Waals surface area contributed by atoms with Crippen LogP contribution in [0.15, 0.2) is 42.7 Å². The molecule has 0 amide bonds. The Balaban J connectivity index is 1.61. The van der Waals surface area contributed by atoms with E-state index in [1.54, 1.807) is 18.3 Å². The first kappa shape index (κ1) is 24.2. The molecule has 3 aromatic rings. The molecule has 6 nitrogen and oxygen atoms in total. The van der Waals surface area contributed by atoms with Crippen molar-refractivity contribution < 1.29 is 18.0 Å². The van der Waals surface area contributed by atoms with Crippen molar-refractivity contribution in [3.63, 3.8) is 0 Å². The van der Waals surface area contributed by atoms with E-state index in [0.29, 0.717) is 37.3 Å². The number of piperidine rings is 1. The molecule has 9 heteroatoms. The molecule has 2 fully saturated rings. The highest BCUT2D eigenvalue weighted by Gasteiger charge is 2.65. The van der Waals surface area contributed by atoms with Crippen LogP contribution in [0.4, 0.5) is 30.4 Å². The van der Waals surface area contributed by atoms with E-state index in [-0.39, 0.29) is 24.3 Å². The van der Waals surface area contributed by atoms with Gasteiger partial charge < -0.3 is 9.80 Å². The molecule has 0 radical (unpaired) electrons. The fourth-order valence-electron chi connectivity index (χ4n) is 4.91. The molecule has 188 valence electrons. The average Bonchev–Trinajstić information content (AvgIpc) is 3.66. The van der Waals surface area contributed by atoms with Gasteiger partial charge in [0.15, 0.2) is 0 Å². The van der Waals surface area contributed by atoms with E-state index in [1.807, 2.05) is 44.0 Å². The quantitative estimate of drug-likeness (QED) is 0.454. The molecule has 0 atom stereocenters. The lowest BCUT2D eigenvalue weighted by atomic mass is 9.96. The highest BCUT2D eigenvalue weighted by Crippen LogP contribution is 2.58. The number of rotatable bonds is 5. The van der Waals surface area contributed by atoms with E-state index in [9.17, 15) is 18.0 Å². The van der Waals surface area contributed by atoms with Gasteiger partial charge in [-0.1, -0.05) is 0 Å². The largest absolute Gasteiger partial charge is 0.399 e. The summed E-state index contributed by atoms with van der Waals surface area (Å²) in [5, 5.41) is 0. The van der Waals surface area contributed by atoms with Crippen LogP contribution >= 0.6 is 0 Å². The van der Waals surface area contributed by atoms with Gasteiger partial charge in [-0.3, -0.25) is 14.8 Å². The maximum Gasteiger partial charge on any atom is 0.399 e. The van der Waals surface area contributed by atoms with E-state index in [1.165, 1.54) is 6.20 Å². The highest BCUT2D eigenvalue weighted by molar-refractivity contribution is 5.85. The number of ketones is 1. The fourth-order valence-corrected chi connectivity index (χ4v) is 4.91. The molecule has 5 rings (SSSR count). The number of hydrogen-bond donors (Lipinski definition) is 0. The minimum atomic E-state index is -4.34. The maximum atomic E-state index is 13.9. The highest BCUT2D eigenvalue weighted by atomic mass is 19.4. The number of carbonyl (C=O) groups excluding carboxylic acids is 1. The van der Waals surface area contributed by atoms with Crippen molar-refractivity contribution >= 4 is 23.0 Å². The standard InChI is InChI=1S/C27H28F3N5O/c1-17-12-20(13-18(2)33-17)34(3)23-16-32-25(35-10-5-21(36)6-11-35)15-22(23)19-4-9-31-24(14-19)26(7-8-26)27(28,29)30/h4,9,12-16H,5-8,10-11H2,1-3H3. The third-order valence-corrected chi connectivity index (χ3v) is 7.18. The number of hydrogen-bond acceptors (Lipinski definition) is 6. The van der Waals surface area contributed by atoms with Gasteiger partial charge in [0.2, 0.25) is 0 Å². The van der Waals surface area contributed by atoms with E-state index in [4.69, 9.17) is 0 Å². The summed E-state index contributed by atoms with van der Waals surface area (Å²) in [6.45, 7) is 4.99. The second kappa shape index (κ2) is 8.87. The van der Waals surface area contributed by atoms with Crippen LogP contribution in [0, 0.1) is 13.8 Å². The molecule has 3 aromatic heterocycles. The van der Waals surface area contributed by atoms with Gasteiger partial charge in [-0.05, 0) is 62.6 Å². The summed E-state index contributed by atoms with van der Waals surface area (Å²) >= 11 is 0. The Bertz CT molecular complexity index is 1290. The van der Waals surface area contributed by atoms with Crippen molar-refractivity contribution in [3.8, 4) is 11.1 Å². The van der Waals surface area contributed by atoms with Gasteiger partial charge in [-0.15, -0.1) is 0 Å². The fraction of sp³-hybridized carbons (Fsp3) is 0.407. The molecular weight excluding hydrogens is 467 g/mol. The van der Waals surface area contributed by atoms with Crippen LogP contribution in [0.2, 0.25) is 0 Å². The molecule has 1 saturated carbocycles. The zero-order valence-electron chi connectivity index (χ0n) is 20.6. The van der Waals surface area contributed by atoms with Crippen LogP contribution in [-0.2, 0) is 10.2 Å². The molecule has 2 aliphatic rings. The van der Waals surface area contributed by atoms with E-state index >= 15 is 0 Å². The van der Waals surface area contributed by atoms with Gasteiger partial charge in [0, 0.05) is 61.8 Å². The van der Waals surface area contributed by atoms with Crippen LogP contribution in [0.1, 0.15) is 42.8 Å². The number of aryl methyl sites for hydroxylation is 2. The zero-order chi connectivity index (χ0) is 25.7. The lowest BCUT2D eigenvalue weighted by Gasteiger charge is -2.29. The molecule has 1 saturated heterocycles. The van der Waals surface area contributed by atoms with E-state index < -0.39 is 11.6 Å². The Hall–Kier alpha value is -3.49. The van der Waals surface area contributed by atoms with Gasteiger partial charge in [-0.25, -0.2) is 4.98 Å². The molecule has 1 aliphatic heterocycles. The first-order chi connectivity index (χ1) is 17.1. The van der Waals surface area contributed by atoms with Gasteiger partial charge in [-0.2, -0.15) is 13.2 Å². The molecular formula is C27H28F3N5O. The molecule has 0 bridgehead atoms. The van der Waals surface area contributed by atoms with E-state index in [2.05, 4.69) is 19.9 Å². The average molecular weight is 496 g/mol. The topological polar surface area (TPSA) is 62.2 Å². The van der Waals surface area contributed by atoms with Gasteiger partial charge in [0.25, 0.3) is 0 Å². The Morgan fingerprint density at radius 3 is 2.28 bits per heavy atom. The van der Waals surface area contributed by atoms with Crippen LogP contribution in [0.3, 0.4) is 0 Å². The lowest BCUT2D eigenvalue weighted by molar-refractivity contribution is -0.161. The summed E-state index contributed by atoms with van der Waals surface area (Å²) in [5.41, 5.74) is 3.00. The van der Waals surface area contributed by atoms with E-state index in [0.717, 1.165) is 28.3 Å². The predicted octanol–water partition coefficient (Wildman–Crippen LogP) is 5.69. The number of halogens is 3. The molecule has 0 N–H and O–H groups in total. The van der Waals surface area contributed by atoms with Crippen LogP contribution in [-0.4, -0.2) is 47.0 Å². The number of alkyl halides is 3. The van der Waals surface area contributed by atoms with Crippen LogP contribution in [0.5, 0.6) is 0 Å². The molecule has 36 heavy (non-hydrogen) atoms. The molecule has 0 unspecified atom stereocenters. The number of aromatic nitrogens is 3. The third-order valence-electron chi connectivity index (χ3n) is 7.18. The third kappa shape index (κ3) is 4.42. The Morgan fingerprint density at radius 1 is 1.00 bits per heavy atom. The lowest BCUT2D eigenvalue weighted by Crippen LogP contribution is -2.34. The van der Waals surface area contributed by atoms with Crippen molar-refractivity contribution in [1.29, 1.82) is 0 Å². The molecule has 0 aromatic carbocycles. The Labute approximate surface area is 208 Å². The second-order valence-electron chi connectivity index (χ2n) is 9.76. The molecule has 1 aliphatic carbocycles. The predicted molar refractivity (Wildman–Crippen MR) is 133 cm³/mol. The number of nitrogens with zero attached hydrogens (tertiary/aromatic N) is 5. The zero-order valence-corrected chi connectivity index (χ0v) is 20.6. The Kier molecular flexibility index (Phi) is 5.97. The number of carbonyl (C=O) groups is 1. The summed E-state index contributed by atoms with van der Waals surface area (Å²) in [6, 6.07) is 9.15. The number of anilines is 3. The van der Waals surface area contributed by atoms with Crippen molar-refractivity contribution in [2.24, 2.45) is 0 Å². The summed E-state index contributed by atoms with van der Waals surface area (Å²) in [5.74, 6) is 0.930. The number of pyridine rings is 3. The first-order valence-electron chi connectivity index (χ1n) is 12.1. The van der Waals surface area contributed by atoms with Crippen molar-refractivity contribution in [2.75, 3.05) is 29.9 Å². The smallest absolute Gasteiger partial charge is 0.356 e. The van der Waals surface area contributed by atoms with Crippen molar-refractivity contribution in [2.45, 2.75) is 51.1 Å². The summed E-state index contributed by atoms with van der Waals surface area (Å²) in [7, 11) is 1.91. The maximum absolute atomic E-state index is 13.9. The summed E-state index contributed by atoms with van der Waals surface area (Å²) in [4.78, 5) is 29.0. The Morgan fingerprint density at radius 2 is 1.67 bits per heavy atom. The molecule has 0 spiro atoms. The molecule has 4 heterocycles. The summed E-state index contributed by atoms with van der Waals surface area (Å²) < 4.78 is 41.6. The van der Waals surface area contributed by atoms with Crippen molar-refractivity contribution in [1.82, 2.24) is 15.0 Å². The first-order valence-corrected chi connectivity index (χ1v) is 12.1.